The van der Waals surface area contributed by atoms with Crippen molar-refractivity contribution in [3.63, 3.8) is 0 Å². The van der Waals surface area contributed by atoms with Crippen molar-refractivity contribution in [2.75, 3.05) is 5.32 Å². The number of rotatable bonds is 4. The van der Waals surface area contributed by atoms with E-state index in [1.165, 1.54) is 0 Å². The maximum Gasteiger partial charge on any atom is 0.228 e. The van der Waals surface area contributed by atoms with E-state index in [0.29, 0.717) is 6.42 Å². The maximum absolute atomic E-state index is 12.2. The van der Waals surface area contributed by atoms with Gasteiger partial charge in [-0.1, -0.05) is 18.2 Å². The molecule has 0 radical (unpaired) electrons. The lowest BCUT2D eigenvalue weighted by atomic mass is 10.1. The van der Waals surface area contributed by atoms with Crippen molar-refractivity contribution in [3.05, 3.63) is 77.6 Å². The van der Waals surface area contributed by atoms with Gasteiger partial charge in [0.2, 0.25) is 5.91 Å². The third-order valence-electron chi connectivity index (χ3n) is 3.58. The number of benzene rings is 2. The Morgan fingerprint density at radius 2 is 1.78 bits per heavy atom. The van der Waals surface area contributed by atoms with Gasteiger partial charge in [-0.05, 0) is 60.9 Å². The molecule has 0 atom stereocenters. The second kappa shape index (κ2) is 6.48. The van der Waals surface area contributed by atoms with Crippen LogP contribution in [0.5, 0.6) is 0 Å². The van der Waals surface area contributed by atoms with E-state index >= 15 is 0 Å². The fraction of sp³-hybridized carbons (Fsp3) is 0.158. The molecule has 23 heavy (non-hydrogen) atoms. The standard InChI is InChI=1S/C19H19N3O/c1-14-10-15(2)12-17(11-14)21-19(23)13-16-4-6-18(7-5-16)22-9-3-8-20-22/h3-12H,13H2,1-2H3,(H,21,23). The third-order valence-corrected chi connectivity index (χ3v) is 3.58. The van der Waals surface area contributed by atoms with Crippen LogP contribution in [0.2, 0.25) is 0 Å². The van der Waals surface area contributed by atoms with E-state index in [4.69, 9.17) is 0 Å². The summed E-state index contributed by atoms with van der Waals surface area (Å²) in [6.07, 6.45) is 3.99. The predicted octanol–water partition coefficient (Wildman–Crippen LogP) is 3.67. The van der Waals surface area contributed by atoms with Crippen molar-refractivity contribution >= 4 is 11.6 Å². The first-order valence-corrected chi connectivity index (χ1v) is 7.57. The lowest BCUT2D eigenvalue weighted by Crippen LogP contribution is -2.14. The fourth-order valence-electron chi connectivity index (χ4n) is 2.63. The molecule has 0 aliphatic heterocycles. The van der Waals surface area contributed by atoms with Crippen molar-refractivity contribution < 1.29 is 4.79 Å². The molecule has 4 nitrogen and oxygen atoms in total. The minimum Gasteiger partial charge on any atom is -0.326 e. The van der Waals surface area contributed by atoms with E-state index in [2.05, 4.69) is 16.5 Å². The first-order valence-electron chi connectivity index (χ1n) is 7.57. The molecule has 0 saturated carbocycles. The summed E-state index contributed by atoms with van der Waals surface area (Å²) in [5.41, 5.74) is 5.09. The van der Waals surface area contributed by atoms with Crippen LogP contribution in [0.1, 0.15) is 16.7 Å². The predicted molar refractivity (Wildman–Crippen MR) is 91.8 cm³/mol. The molecule has 0 fully saturated rings. The normalized spacial score (nSPS) is 10.5. The number of aromatic nitrogens is 2. The quantitative estimate of drug-likeness (QED) is 0.799. The lowest BCUT2D eigenvalue weighted by Gasteiger charge is -2.08. The van der Waals surface area contributed by atoms with E-state index in [9.17, 15) is 4.79 Å². The van der Waals surface area contributed by atoms with E-state index in [-0.39, 0.29) is 5.91 Å². The summed E-state index contributed by atoms with van der Waals surface area (Å²) < 4.78 is 1.79. The number of amides is 1. The van der Waals surface area contributed by atoms with Gasteiger partial charge >= 0.3 is 0 Å². The lowest BCUT2D eigenvalue weighted by molar-refractivity contribution is -0.115. The van der Waals surface area contributed by atoms with Crippen LogP contribution in [-0.4, -0.2) is 15.7 Å². The minimum absolute atomic E-state index is 0.0122. The van der Waals surface area contributed by atoms with Crippen molar-refractivity contribution in [2.45, 2.75) is 20.3 Å². The highest BCUT2D eigenvalue weighted by Crippen LogP contribution is 2.15. The number of nitrogens with one attached hydrogen (secondary N) is 1. The van der Waals surface area contributed by atoms with Gasteiger partial charge in [0, 0.05) is 18.1 Å². The van der Waals surface area contributed by atoms with Gasteiger partial charge in [0.05, 0.1) is 12.1 Å². The average molecular weight is 305 g/mol. The maximum atomic E-state index is 12.2. The summed E-state index contributed by atoms with van der Waals surface area (Å²) in [5, 5.41) is 7.14. The molecular formula is C19H19N3O. The van der Waals surface area contributed by atoms with Crippen LogP contribution in [0.4, 0.5) is 5.69 Å². The van der Waals surface area contributed by atoms with Crippen LogP contribution < -0.4 is 5.32 Å². The Morgan fingerprint density at radius 1 is 1.09 bits per heavy atom. The van der Waals surface area contributed by atoms with Crippen LogP contribution in [0.15, 0.2) is 60.9 Å². The topological polar surface area (TPSA) is 46.9 Å². The van der Waals surface area contributed by atoms with Gasteiger partial charge in [-0.15, -0.1) is 0 Å². The number of aryl methyl sites for hydroxylation is 2. The van der Waals surface area contributed by atoms with Crippen molar-refractivity contribution in [1.82, 2.24) is 9.78 Å². The third kappa shape index (κ3) is 3.86. The SMILES string of the molecule is Cc1cc(C)cc(NC(=O)Cc2ccc(-n3cccn3)cc2)c1. The zero-order chi connectivity index (χ0) is 16.2. The molecular weight excluding hydrogens is 286 g/mol. The summed E-state index contributed by atoms with van der Waals surface area (Å²) in [5.74, 6) is -0.0122. The first-order chi connectivity index (χ1) is 11.1. The van der Waals surface area contributed by atoms with Gasteiger partial charge in [-0.3, -0.25) is 4.79 Å². The van der Waals surface area contributed by atoms with Gasteiger partial charge in [-0.25, -0.2) is 4.68 Å². The van der Waals surface area contributed by atoms with Gasteiger partial charge in [0.1, 0.15) is 0 Å². The molecule has 2 aromatic carbocycles. The number of carbonyl (C=O) groups is 1. The fourth-order valence-corrected chi connectivity index (χ4v) is 2.63. The zero-order valence-corrected chi connectivity index (χ0v) is 13.3. The van der Waals surface area contributed by atoms with E-state index in [1.54, 1.807) is 10.9 Å². The Balaban J connectivity index is 1.65. The molecule has 0 spiro atoms. The molecule has 1 amide bonds. The number of hydrogen-bond acceptors (Lipinski definition) is 2. The van der Waals surface area contributed by atoms with Crippen LogP contribution in [0.25, 0.3) is 5.69 Å². The highest BCUT2D eigenvalue weighted by molar-refractivity contribution is 5.92. The first kappa shape index (κ1) is 15.0. The van der Waals surface area contributed by atoms with Crippen LogP contribution in [0, 0.1) is 13.8 Å². The highest BCUT2D eigenvalue weighted by Gasteiger charge is 2.06. The van der Waals surface area contributed by atoms with Crippen LogP contribution in [0.3, 0.4) is 0 Å². The molecule has 1 aromatic heterocycles. The molecule has 0 aliphatic carbocycles. The van der Waals surface area contributed by atoms with Crippen LogP contribution in [-0.2, 0) is 11.2 Å². The Labute approximate surface area is 135 Å². The number of carbonyl (C=O) groups excluding carboxylic acids is 1. The second-order valence-electron chi connectivity index (χ2n) is 5.72. The molecule has 1 N–H and O–H groups in total. The van der Waals surface area contributed by atoms with Gasteiger partial charge in [-0.2, -0.15) is 5.10 Å². The average Bonchev–Trinajstić information content (AvgIpc) is 3.01. The van der Waals surface area contributed by atoms with E-state index in [0.717, 1.165) is 28.1 Å². The number of hydrogen-bond donors (Lipinski definition) is 1. The molecule has 0 bridgehead atoms. The van der Waals surface area contributed by atoms with Crippen molar-refractivity contribution in [3.8, 4) is 5.69 Å². The van der Waals surface area contributed by atoms with Crippen molar-refractivity contribution in [1.29, 1.82) is 0 Å². The summed E-state index contributed by atoms with van der Waals surface area (Å²) in [7, 11) is 0. The van der Waals surface area contributed by atoms with Gasteiger partial charge in [0.15, 0.2) is 0 Å². The van der Waals surface area contributed by atoms with Crippen molar-refractivity contribution in [2.24, 2.45) is 0 Å². The van der Waals surface area contributed by atoms with E-state index in [1.807, 2.05) is 62.5 Å². The monoisotopic (exact) mass is 305 g/mol. The number of anilines is 1. The summed E-state index contributed by atoms with van der Waals surface area (Å²) in [4.78, 5) is 12.2. The highest BCUT2D eigenvalue weighted by atomic mass is 16.1. The summed E-state index contributed by atoms with van der Waals surface area (Å²) >= 11 is 0. The molecule has 3 rings (SSSR count). The summed E-state index contributed by atoms with van der Waals surface area (Å²) in [6, 6.07) is 15.8. The minimum atomic E-state index is -0.0122. The molecule has 1 heterocycles. The Kier molecular flexibility index (Phi) is 4.24. The summed E-state index contributed by atoms with van der Waals surface area (Å²) in [6.45, 7) is 4.05. The van der Waals surface area contributed by atoms with Crippen LogP contribution >= 0.6 is 0 Å². The molecule has 0 aliphatic rings. The second-order valence-corrected chi connectivity index (χ2v) is 5.72. The molecule has 0 saturated heterocycles. The largest absolute Gasteiger partial charge is 0.326 e. The molecule has 116 valence electrons. The molecule has 0 unspecified atom stereocenters. The molecule has 4 heteroatoms. The molecule has 3 aromatic rings. The van der Waals surface area contributed by atoms with E-state index < -0.39 is 0 Å². The zero-order valence-electron chi connectivity index (χ0n) is 13.3. The Hall–Kier alpha value is -2.88. The Morgan fingerprint density at radius 3 is 2.39 bits per heavy atom. The van der Waals surface area contributed by atoms with Gasteiger partial charge in [0.25, 0.3) is 0 Å². The smallest absolute Gasteiger partial charge is 0.228 e. The van der Waals surface area contributed by atoms with Gasteiger partial charge < -0.3 is 5.32 Å². The Bertz CT molecular complexity index is 785. The number of nitrogens with zero attached hydrogens (tertiary/aromatic N) is 2.